The van der Waals surface area contributed by atoms with E-state index in [2.05, 4.69) is 10.2 Å². The van der Waals surface area contributed by atoms with Gasteiger partial charge >= 0.3 is 6.18 Å². The summed E-state index contributed by atoms with van der Waals surface area (Å²) in [5, 5.41) is 16.3. The van der Waals surface area contributed by atoms with Gasteiger partial charge in [-0.25, -0.2) is 0 Å². The monoisotopic (exact) mass is 272 g/mol. The Morgan fingerprint density at radius 3 is 2.05 bits per heavy atom. The largest absolute Gasteiger partial charge is 0.510 e. The maximum Gasteiger partial charge on any atom is 0.416 e. The van der Waals surface area contributed by atoms with Crippen molar-refractivity contribution in [1.29, 1.82) is 0 Å². The van der Waals surface area contributed by atoms with Crippen molar-refractivity contribution >= 4 is 11.5 Å². The molecule has 4 nitrogen and oxygen atoms in total. The van der Waals surface area contributed by atoms with Crippen LogP contribution in [0.2, 0.25) is 0 Å². The van der Waals surface area contributed by atoms with E-state index in [1.54, 1.807) is 0 Å². The molecular formula is C12H11F3N2O2. The highest BCUT2D eigenvalue weighted by molar-refractivity contribution is 5.93. The lowest BCUT2D eigenvalue weighted by Crippen LogP contribution is -2.03. The molecular weight excluding hydrogens is 261 g/mol. The summed E-state index contributed by atoms with van der Waals surface area (Å²) >= 11 is 0. The van der Waals surface area contributed by atoms with Crippen molar-refractivity contribution in [2.75, 3.05) is 0 Å². The summed E-state index contributed by atoms with van der Waals surface area (Å²) in [4.78, 5) is 11.1. The summed E-state index contributed by atoms with van der Waals surface area (Å²) in [5.74, 6) is -0.793. The molecule has 0 spiro atoms. The van der Waals surface area contributed by atoms with Crippen molar-refractivity contribution in [2.24, 2.45) is 10.2 Å². The molecule has 0 aromatic heterocycles. The average molecular weight is 272 g/mol. The van der Waals surface area contributed by atoms with Gasteiger partial charge in [0.2, 0.25) is 0 Å². The Morgan fingerprint density at radius 1 is 1.16 bits per heavy atom. The van der Waals surface area contributed by atoms with Gasteiger partial charge in [-0.05, 0) is 31.2 Å². The van der Waals surface area contributed by atoms with Crippen molar-refractivity contribution in [1.82, 2.24) is 0 Å². The summed E-state index contributed by atoms with van der Waals surface area (Å²) in [7, 11) is 0. The Labute approximate surface area is 107 Å². The highest BCUT2D eigenvalue weighted by atomic mass is 19.4. The SMILES string of the molecule is CC(=O)C(N=Nc1ccc(C(F)(F)F)cc1)=C(C)O. The van der Waals surface area contributed by atoms with E-state index < -0.39 is 17.5 Å². The number of benzene rings is 1. The van der Waals surface area contributed by atoms with Crippen LogP contribution < -0.4 is 0 Å². The predicted octanol–water partition coefficient (Wildman–Crippen LogP) is 4.17. The minimum Gasteiger partial charge on any atom is -0.510 e. The first kappa shape index (κ1) is 14.9. The molecule has 0 amide bonds. The smallest absolute Gasteiger partial charge is 0.416 e. The van der Waals surface area contributed by atoms with E-state index >= 15 is 0 Å². The number of Topliss-reactive ketones (excluding diaryl/α,β-unsaturated/α-hetero) is 1. The number of ketones is 1. The molecule has 0 aliphatic heterocycles. The zero-order valence-electron chi connectivity index (χ0n) is 10.2. The van der Waals surface area contributed by atoms with E-state index in [4.69, 9.17) is 5.11 Å². The molecule has 1 N–H and O–H groups in total. The van der Waals surface area contributed by atoms with Gasteiger partial charge in [-0.15, -0.1) is 5.11 Å². The molecule has 1 aromatic carbocycles. The first-order chi connectivity index (χ1) is 8.71. The van der Waals surface area contributed by atoms with Crippen molar-refractivity contribution in [3.05, 3.63) is 41.3 Å². The molecule has 0 unspecified atom stereocenters. The summed E-state index contributed by atoms with van der Waals surface area (Å²) in [6, 6.07) is 3.96. The number of aliphatic hydroxyl groups excluding tert-OH is 1. The van der Waals surface area contributed by atoms with Crippen LogP contribution in [0.5, 0.6) is 0 Å². The lowest BCUT2D eigenvalue weighted by atomic mass is 10.2. The zero-order chi connectivity index (χ0) is 14.6. The van der Waals surface area contributed by atoms with Gasteiger partial charge in [-0.3, -0.25) is 4.79 Å². The predicted molar refractivity (Wildman–Crippen MR) is 62.0 cm³/mol. The number of halogens is 3. The molecule has 0 atom stereocenters. The quantitative estimate of drug-likeness (QED) is 0.510. The Hall–Kier alpha value is -2.18. The van der Waals surface area contributed by atoms with E-state index in [0.717, 1.165) is 24.3 Å². The molecule has 0 aliphatic rings. The lowest BCUT2D eigenvalue weighted by molar-refractivity contribution is -0.137. The van der Waals surface area contributed by atoms with Gasteiger partial charge in [0, 0.05) is 6.92 Å². The Bertz CT molecular complexity index is 527. The highest BCUT2D eigenvalue weighted by Crippen LogP contribution is 2.30. The normalized spacial score (nSPS) is 13.5. The van der Waals surface area contributed by atoms with Crippen LogP contribution in [0.4, 0.5) is 18.9 Å². The molecule has 1 aromatic rings. The molecule has 0 bridgehead atoms. The number of hydrogen-bond donors (Lipinski definition) is 1. The summed E-state index contributed by atoms with van der Waals surface area (Å²) in [5.41, 5.74) is -0.889. The summed E-state index contributed by atoms with van der Waals surface area (Å²) < 4.78 is 36.9. The third-order valence-electron chi connectivity index (χ3n) is 2.14. The highest BCUT2D eigenvalue weighted by Gasteiger charge is 2.29. The van der Waals surface area contributed by atoms with E-state index in [0.29, 0.717) is 0 Å². The van der Waals surface area contributed by atoms with Crippen LogP contribution in [-0.2, 0) is 11.0 Å². The van der Waals surface area contributed by atoms with Gasteiger partial charge in [0.1, 0.15) is 5.76 Å². The molecule has 19 heavy (non-hydrogen) atoms. The van der Waals surface area contributed by atoms with E-state index in [9.17, 15) is 18.0 Å². The Balaban J connectivity index is 2.96. The Kier molecular flexibility index (Phi) is 4.42. The van der Waals surface area contributed by atoms with Crippen LogP contribution >= 0.6 is 0 Å². The standard InChI is InChI=1S/C12H11F3N2O2/c1-7(18)11(8(2)19)17-16-10-5-3-9(4-6-10)12(13,14)15/h3-6,18H,1-2H3. The molecule has 0 saturated carbocycles. The molecule has 102 valence electrons. The minimum absolute atomic E-state index is 0.146. The van der Waals surface area contributed by atoms with Crippen LogP contribution in [-0.4, -0.2) is 10.9 Å². The first-order valence-electron chi connectivity index (χ1n) is 5.21. The second-order valence-corrected chi connectivity index (χ2v) is 3.73. The number of carbonyl (C=O) groups excluding carboxylic acids is 1. The number of aliphatic hydroxyl groups is 1. The van der Waals surface area contributed by atoms with Crippen molar-refractivity contribution in [3.8, 4) is 0 Å². The van der Waals surface area contributed by atoms with Gasteiger partial charge in [-0.1, -0.05) is 0 Å². The minimum atomic E-state index is -4.41. The molecule has 0 radical (unpaired) electrons. The van der Waals surface area contributed by atoms with Gasteiger partial charge < -0.3 is 5.11 Å². The molecule has 0 fully saturated rings. The van der Waals surface area contributed by atoms with Crippen molar-refractivity contribution < 1.29 is 23.1 Å². The van der Waals surface area contributed by atoms with E-state index in [-0.39, 0.29) is 17.1 Å². The van der Waals surface area contributed by atoms with Crippen LogP contribution in [0.25, 0.3) is 0 Å². The first-order valence-corrected chi connectivity index (χ1v) is 5.21. The third-order valence-corrected chi connectivity index (χ3v) is 2.14. The van der Waals surface area contributed by atoms with Gasteiger partial charge in [0.15, 0.2) is 11.5 Å². The van der Waals surface area contributed by atoms with Crippen molar-refractivity contribution in [3.63, 3.8) is 0 Å². The van der Waals surface area contributed by atoms with Crippen LogP contribution in [0.15, 0.2) is 46.0 Å². The van der Waals surface area contributed by atoms with E-state index in [1.807, 2.05) is 0 Å². The van der Waals surface area contributed by atoms with Crippen LogP contribution in [0.3, 0.4) is 0 Å². The summed E-state index contributed by atoms with van der Waals surface area (Å²) in [6.45, 7) is 2.46. The van der Waals surface area contributed by atoms with E-state index in [1.165, 1.54) is 13.8 Å². The molecule has 1 rings (SSSR count). The maximum atomic E-state index is 12.3. The molecule has 0 aliphatic carbocycles. The van der Waals surface area contributed by atoms with Gasteiger partial charge in [0.25, 0.3) is 0 Å². The number of alkyl halides is 3. The Morgan fingerprint density at radius 2 is 1.68 bits per heavy atom. The third kappa shape index (κ3) is 4.20. The molecule has 7 heteroatoms. The lowest BCUT2D eigenvalue weighted by Gasteiger charge is -2.05. The van der Waals surface area contributed by atoms with Crippen LogP contribution in [0.1, 0.15) is 19.4 Å². The number of hydrogen-bond acceptors (Lipinski definition) is 4. The average Bonchev–Trinajstić information content (AvgIpc) is 2.27. The van der Waals surface area contributed by atoms with Gasteiger partial charge in [-0.2, -0.15) is 18.3 Å². The second-order valence-electron chi connectivity index (χ2n) is 3.73. The fourth-order valence-corrected chi connectivity index (χ4v) is 1.22. The van der Waals surface area contributed by atoms with Crippen LogP contribution in [0, 0.1) is 0 Å². The fraction of sp³-hybridized carbons (Fsp3) is 0.250. The molecule has 0 saturated heterocycles. The topological polar surface area (TPSA) is 62.0 Å². The number of rotatable bonds is 3. The number of nitrogens with zero attached hydrogens (tertiary/aromatic N) is 2. The number of azo groups is 1. The van der Waals surface area contributed by atoms with Gasteiger partial charge in [0.05, 0.1) is 11.3 Å². The summed E-state index contributed by atoms with van der Waals surface area (Å²) in [6.07, 6.45) is -4.41. The van der Waals surface area contributed by atoms with Crippen molar-refractivity contribution in [2.45, 2.75) is 20.0 Å². The maximum absolute atomic E-state index is 12.3. The number of carbonyl (C=O) groups is 1. The fourth-order valence-electron chi connectivity index (χ4n) is 1.22. The number of allylic oxidation sites excluding steroid dienone is 2. The second kappa shape index (κ2) is 5.64. The molecule has 0 heterocycles. The zero-order valence-corrected chi connectivity index (χ0v) is 10.2.